The molecule has 4 rings (SSSR count). The van der Waals surface area contributed by atoms with E-state index < -0.39 is 0 Å². The number of halogens is 1. The molecule has 3 fully saturated rings. The molecule has 0 radical (unpaired) electrons. The Hall–Kier alpha value is -0.491. The van der Waals surface area contributed by atoms with Gasteiger partial charge in [0.05, 0.1) is 11.4 Å². The summed E-state index contributed by atoms with van der Waals surface area (Å²) in [5, 5.41) is 9.16. The molecule has 1 aromatic heterocycles. The molecule has 2 bridgehead atoms. The van der Waals surface area contributed by atoms with Gasteiger partial charge < -0.3 is 17.5 Å². The summed E-state index contributed by atoms with van der Waals surface area (Å²) in [6, 6.07) is 5.78. The van der Waals surface area contributed by atoms with Gasteiger partial charge in [0.2, 0.25) is 0 Å². The first-order chi connectivity index (χ1) is 11.2. The number of aromatic nitrogens is 1. The summed E-state index contributed by atoms with van der Waals surface area (Å²) in [7, 11) is 0. The van der Waals surface area contributed by atoms with Gasteiger partial charge in [-0.15, -0.1) is 0 Å². The van der Waals surface area contributed by atoms with E-state index in [1.54, 1.807) is 6.20 Å². The SMILES string of the molecule is C/C(=N\N=C(\[S-])N1CC2CCC(CC2)C1)c1ccccn1.[Cu+][Br]. The van der Waals surface area contributed by atoms with Gasteiger partial charge in [-0.2, -0.15) is 10.2 Å². The topological polar surface area (TPSA) is 40.9 Å². The fraction of sp³-hybridized carbons (Fsp3) is 0.562. The number of fused-ring (bicyclic) bond motifs is 4. The van der Waals surface area contributed by atoms with Crippen LogP contribution >= 0.6 is 14.1 Å². The zero-order chi connectivity index (χ0) is 16.7. The molecule has 0 atom stereocenters. The number of nitrogens with zero attached hydrogens (tertiary/aromatic N) is 4. The second kappa shape index (κ2) is 9.72. The molecule has 1 aliphatic carbocycles. The summed E-state index contributed by atoms with van der Waals surface area (Å²) < 4.78 is 0. The maximum absolute atomic E-state index is 5.47. The van der Waals surface area contributed by atoms with Gasteiger partial charge in [0.1, 0.15) is 0 Å². The average Bonchev–Trinajstić information content (AvgIpc) is 2.96. The molecular formula is C16H21BrCuN4S. The zero-order valence-corrected chi connectivity index (χ0v) is 16.4. The van der Waals surface area contributed by atoms with E-state index in [9.17, 15) is 0 Å². The van der Waals surface area contributed by atoms with Crippen LogP contribution in [0.25, 0.3) is 0 Å². The third-order valence-electron chi connectivity index (χ3n) is 4.52. The van der Waals surface area contributed by atoms with Crippen molar-refractivity contribution in [2.75, 3.05) is 13.1 Å². The third kappa shape index (κ3) is 5.52. The maximum atomic E-state index is 5.47. The standard InChI is InChI=1S/C16H22N4S.BrH.Cu/c1-12(15-4-2-3-9-17-15)18-19-16(21)20-10-13-5-6-14(11-20)8-7-13;;/h2-4,9,13-14H,5-8,10-11H2,1H3,(H,19,21);1H;/q;;+2/p-2/b18-12+;;. The molecular weight excluding hydrogens is 424 g/mol. The summed E-state index contributed by atoms with van der Waals surface area (Å²) in [4.78, 5) is 6.52. The fourth-order valence-corrected chi connectivity index (χ4v) is 3.45. The van der Waals surface area contributed by atoms with Crippen LogP contribution in [0.5, 0.6) is 0 Å². The van der Waals surface area contributed by atoms with E-state index in [1.807, 2.05) is 25.1 Å². The van der Waals surface area contributed by atoms with Crippen molar-refractivity contribution in [1.82, 2.24) is 9.88 Å². The summed E-state index contributed by atoms with van der Waals surface area (Å²) in [5.41, 5.74) is 1.65. The number of hydrogen-bond donors (Lipinski definition) is 0. The molecule has 0 spiro atoms. The Morgan fingerprint density at radius 2 is 1.78 bits per heavy atom. The van der Waals surface area contributed by atoms with Crippen molar-refractivity contribution in [3.63, 3.8) is 0 Å². The van der Waals surface area contributed by atoms with Crippen molar-refractivity contribution in [2.24, 2.45) is 22.0 Å². The summed E-state index contributed by atoms with van der Waals surface area (Å²) in [6.07, 6.45) is 7.15. The van der Waals surface area contributed by atoms with E-state index >= 15 is 0 Å². The molecule has 7 heteroatoms. The minimum absolute atomic E-state index is 0.629. The van der Waals surface area contributed by atoms with E-state index in [2.05, 4.69) is 48.4 Å². The van der Waals surface area contributed by atoms with Crippen molar-refractivity contribution >= 4 is 37.6 Å². The number of rotatable bonds is 2. The number of pyridine rings is 1. The molecule has 0 aromatic carbocycles. The molecule has 0 unspecified atom stereocenters. The molecule has 2 saturated heterocycles. The Bertz CT molecular complexity index is 530. The first kappa shape index (κ1) is 18.8. The molecule has 1 saturated carbocycles. The Morgan fingerprint density at radius 3 is 2.30 bits per heavy atom. The van der Waals surface area contributed by atoms with Crippen LogP contribution in [0.3, 0.4) is 0 Å². The van der Waals surface area contributed by atoms with Gasteiger partial charge in [-0.25, -0.2) is 0 Å². The van der Waals surface area contributed by atoms with Gasteiger partial charge in [-0.1, -0.05) is 6.07 Å². The first-order valence-corrected chi connectivity index (χ1v) is 10.5. The van der Waals surface area contributed by atoms with Crippen molar-refractivity contribution in [3.8, 4) is 0 Å². The van der Waals surface area contributed by atoms with Gasteiger partial charge in [-0.05, 0) is 56.6 Å². The summed E-state index contributed by atoms with van der Waals surface area (Å²) >= 11 is 12.0. The van der Waals surface area contributed by atoms with E-state index in [0.717, 1.165) is 36.3 Å². The number of hydrogen-bond acceptors (Lipinski definition) is 4. The molecule has 1 aromatic rings. The Morgan fingerprint density at radius 1 is 1.17 bits per heavy atom. The van der Waals surface area contributed by atoms with Crippen molar-refractivity contribution in [3.05, 3.63) is 30.1 Å². The van der Waals surface area contributed by atoms with Crippen LogP contribution in [-0.4, -0.2) is 33.9 Å². The average molecular weight is 445 g/mol. The van der Waals surface area contributed by atoms with Crippen LogP contribution in [0.2, 0.25) is 0 Å². The van der Waals surface area contributed by atoms with Gasteiger partial charge in [-0.3, -0.25) is 4.98 Å². The van der Waals surface area contributed by atoms with E-state index in [-0.39, 0.29) is 0 Å². The Labute approximate surface area is 159 Å². The first-order valence-electron chi connectivity index (χ1n) is 7.79. The van der Waals surface area contributed by atoms with Gasteiger partial charge in [0, 0.05) is 24.5 Å². The van der Waals surface area contributed by atoms with Crippen molar-refractivity contribution in [2.45, 2.75) is 32.6 Å². The molecule has 0 N–H and O–H groups in total. The van der Waals surface area contributed by atoms with E-state index in [4.69, 9.17) is 12.6 Å². The molecule has 23 heavy (non-hydrogen) atoms. The molecule has 4 nitrogen and oxygen atoms in total. The fourth-order valence-electron chi connectivity index (χ4n) is 3.26. The summed E-state index contributed by atoms with van der Waals surface area (Å²) in [5.74, 6) is 1.58. The quantitative estimate of drug-likeness (QED) is 0.230. The molecule has 3 aliphatic rings. The molecule has 0 amide bonds. The van der Waals surface area contributed by atoms with E-state index in [1.165, 1.54) is 25.7 Å². The van der Waals surface area contributed by atoms with Gasteiger partial charge >= 0.3 is 28.3 Å². The second-order valence-electron chi connectivity index (χ2n) is 6.07. The third-order valence-corrected chi connectivity index (χ3v) is 4.85. The normalized spacial score (nSPS) is 24.8. The van der Waals surface area contributed by atoms with Crippen molar-refractivity contribution < 1.29 is 14.2 Å². The zero-order valence-electron chi connectivity index (χ0n) is 13.1. The minimum atomic E-state index is 0.629. The van der Waals surface area contributed by atoms with E-state index in [0.29, 0.717) is 5.17 Å². The monoisotopic (exact) mass is 443 g/mol. The molecule has 2 aliphatic heterocycles. The van der Waals surface area contributed by atoms with Gasteiger partial charge in [0.25, 0.3) is 0 Å². The van der Waals surface area contributed by atoms with Crippen LogP contribution in [0.15, 0.2) is 34.6 Å². The molecule has 3 heterocycles. The van der Waals surface area contributed by atoms with Crippen LogP contribution in [0.1, 0.15) is 38.3 Å². The van der Waals surface area contributed by atoms with Crippen LogP contribution < -0.4 is 0 Å². The molecule has 129 valence electrons. The predicted octanol–water partition coefficient (Wildman–Crippen LogP) is 3.67. The predicted molar refractivity (Wildman–Crippen MR) is 97.2 cm³/mol. The van der Waals surface area contributed by atoms with Crippen molar-refractivity contribution in [1.29, 1.82) is 0 Å². The van der Waals surface area contributed by atoms with Crippen LogP contribution in [0.4, 0.5) is 0 Å². The Kier molecular flexibility index (Phi) is 7.96. The summed E-state index contributed by atoms with van der Waals surface area (Å²) in [6.45, 7) is 4.02. The van der Waals surface area contributed by atoms with Crippen LogP contribution in [0, 0.1) is 11.8 Å². The van der Waals surface area contributed by atoms with Crippen LogP contribution in [-0.2, 0) is 26.8 Å². The Balaban J connectivity index is 0.000000924. The second-order valence-corrected chi connectivity index (χ2v) is 6.44. The van der Waals surface area contributed by atoms with Gasteiger partial charge in [0.15, 0.2) is 0 Å². The number of amidine groups is 1.